The fourth-order valence-corrected chi connectivity index (χ4v) is 6.76. The SMILES string of the molecule is CCCCCCCC/C=C\C/C=C\C/C=C\CCCC(=O)OC[C@H](COP(=O)(O)OCCN)OC(=O)CCC/C=C\C[C@H]1C=CC(=O)[C@@H]1/C=C/[C@@H](O)CCCCC. The molecule has 0 saturated heterocycles. The van der Waals surface area contributed by atoms with Crippen molar-refractivity contribution in [2.24, 2.45) is 17.6 Å². The van der Waals surface area contributed by atoms with Crippen LogP contribution in [0.5, 0.6) is 0 Å². The lowest BCUT2D eigenvalue weighted by atomic mass is 9.90. The number of aliphatic hydroxyl groups excluding tert-OH is 1. The molecule has 0 heterocycles. The summed E-state index contributed by atoms with van der Waals surface area (Å²) in [5.41, 5.74) is 5.34. The number of aliphatic hydroxyl groups is 1. The molecule has 11 nitrogen and oxygen atoms in total. The number of carbonyl (C=O) groups excluding carboxylic acids is 3. The van der Waals surface area contributed by atoms with E-state index in [1.807, 2.05) is 30.4 Å². The normalized spacial score (nSPS) is 18.2. The molecule has 0 radical (unpaired) electrons. The number of hydrogen-bond acceptors (Lipinski definition) is 10. The summed E-state index contributed by atoms with van der Waals surface area (Å²) < 4.78 is 32.7. The van der Waals surface area contributed by atoms with Gasteiger partial charge in [0.1, 0.15) is 6.61 Å². The molecule has 0 bridgehead atoms. The highest BCUT2D eigenvalue weighted by atomic mass is 31.2. The van der Waals surface area contributed by atoms with Crippen LogP contribution in [0.1, 0.15) is 142 Å². The maximum atomic E-state index is 12.7. The van der Waals surface area contributed by atoms with Gasteiger partial charge in [-0.2, -0.15) is 0 Å². The Hall–Kier alpha value is -2.92. The van der Waals surface area contributed by atoms with E-state index in [0.29, 0.717) is 38.5 Å². The van der Waals surface area contributed by atoms with E-state index in [9.17, 15) is 28.9 Å². The minimum absolute atomic E-state index is 0.0116. The van der Waals surface area contributed by atoms with E-state index in [1.165, 1.54) is 38.5 Å². The molecule has 0 aliphatic heterocycles. The zero-order chi connectivity index (χ0) is 41.8. The summed E-state index contributed by atoms with van der Waals surface area (Å²) in [5.74, 6) is -1.30. The molecule has 4 N–H and O–H groups in total. The third-order valence-electron chi connectivity index (χ3n) is 9.31. The zero-order valence-corrected chi connectivity index (χ0v) is 35.8. The number of nitrogens with two attached hydrogens (primary N) is 1. The van der Waals surface area contributed by atoms with Crippen LogP contribution < -0.4 is 5.73 Å². The quantitative estimate of drug-likeness (QED) is 0.0238. The van der Waals surface area contributed by atoms with Crippen molar-refractivity contribution < 1.29 is 47.5 Å². The Kier molecular flexibility index (Phi) is 32.0. The highest BCUT2D eigenvalue weighted by Crippen LogP contribution is 2.43. The summed E-state index contributed by atoms with van der Waals surface area (Å²) in [5, 5.41) is 10.2. The van der Waals surface area contributed by atoms with Gasteiger partial charge in [-0.15, -0.1) is 0 Å². The van der Waals surface area contributed by atoms with Gasteiger partial charge in [0.05, 0.1) is 19.3 Å². The Morgan fingerprint density at radius 3 is 2.07 bits per heavy atom. The standard InChI is InChI=1S/C45H74NO10P/c1-3-5-7-8-9-10-11-12-13-14-15-16-17-18-19-20-25-29-44(49)53-37-41(38-55-57(51,52)54-36-35-46)56-45(50)30-26-22-21-24-27-39-31-34-43(48)42(39)33-32-40(47)28-23-6-4-2/h12-13,15-16,18-19,21,24,31-34,39-42,47H,3-11,14,17,20,22-23,25-30,35-38,46H2,1-2H3,(H,51,52)/b13-12-,16-15-,19-18-,24-21-,33-32+/t39-,40-,41+,42+/m0/s1. The van der Waals surface area contributed by atoms with Crippen LogP contribution in [0.4, 0.5) is 0 Å². The summed E-state index contributed by atoms with van der Waals surface area (Å²) in [6, 6.07) is 0. The molecule has 1 aliphatic carbocycles. The second kappa shape index (κ2) is 35.1. The van der Waals surface area contributed by atoms with Gasteiger partial charge in [-0.05, 0) is 76.2 Å². The lowest BCUT2D eigenvalue weighted by Crippen LogP contribution is -2.29. The van der Waals surface area contributed by atoms with Crippen molar-refractivity contribution in [3.05, 3.63) is 72.9 Å². The van der Waals surface area contributed by atoms with Crippen LogP contribution in [-0.2, 0) is 37.5 Å². The average Bonchev–Trinajstić information content (AvgIpc) is 3.54. The monoisotopic (exact) mass is 820 g/mol. The Labute approximate surface area is 343 Å². The lowest BCUT2D eigenvalue weighted by Gasteiger charge is -2.19. The van der Waals surface area contributed by atoms with E-state index in [4.69, 9.17) is 24.3 Å². The Morgan fingerprint density at radius 1 is 0.789 bits per heavy atom. The first kappa shape index (κ1) is 52.1. The van der Waals surface area contributed by atoms with Crippen molar-refractivity contribution in [1.29, 1.82) is 0 Å². The molecule has 1 aliphatic rings. The lowest BCUT2D eigenvalue weighted by molar-refractivity contribution is -0.161. The van der Waals surface area contributed by atoms with Crippen LogP contribution in [0.15, 0.2) is 72.9 Å². The average molecular weight is 820 g/mol. The first-order valence-electron chi connectivity index (χ1n) is 21.5. The molecule has 1 unspecified atom stereocenters. The molecule has 0 saturated carbocycles. The van der Waals surface area contributed by atoms with Gasteiger partial charge in [-0.3, -0.25) is 23.4 Å². The number of allylic oxidation sites excluding steroid dienone is 11. The molecule has 0 aromatic rings. The van der Waals surface area contributed by atoms with Crippen LogP contribution in [-0.4, -0.2) is 66.3 Å². The molecule has 5 atom stereocenters. The van der Waals surface area contributed by atoms with Crippen molar-refractivity contribution in [2.45, 2.75) is 154 Å². The van der Waals surface area contributed by atoms with Crippen LogP contribution >= 0.6 is 7.82 Å². The Balaban J connectivity index is 2.42. The Bertz CT molecular complexity index is 1310. The second-order valence-corrected chi connectivity index (χ2v) is 16.0. The fourth-order valence-electron chi connectivity index (χ4n) is 5.99. The molecular formula is C45H74NO10P. The van der Waals surface area contributed by atoms with Crippen molar-refractivity contribution in [2.75, 3.05) is 26.4 Å². The molecule has 0 fully saturated rings. The van der Waals surface area contributed by atoms with Crippen molar-refractivity contribution in [3.8, 4) is 0 Å². The second-order valence-electron chi connectivity index (χ2n) is 14.5. The van der Waals surface area contributed by atoms with E-state index >= 15 is 0 Å². The summed E-state index contributed by atoms with van der Waals surface area (Å²) in [4.78, 5) is 47.3. The smallest absolute Gasteiger partial charge is 0.462 e. The maximum Gasteiger partial charge on any atom is 0.472 e. The minimum atomic E-state index is -4.45. The van der Waals surface area contributed by atoms with Gasteiger partial charge in [0.2, 0.25) is 0 Å². The topological polar surface area (TPSA) is 172 Å². The number of esters is 2. The van der Waals surface area contributed by atoms with Gasteiger partial charge in [0.15, 0.2) is 11.9 Å². The van der Waals surface area contributed by atoms with E-state index < -0.39 is 38.6 Å². The van der Waals surface area contributed by atoms with Crippen molar-refractivity contribution in [1.82, 2.24) is 0 Å². The summed E-state index contributed by atoms with van der Waals surface area (Å²) in [6.07, 6.45) is 40.0. The Morgan fingerprint density at radius 2 is 1.39 bits per heavy atom. The zero-order valence-electron chi connectivity index (χ0n) is 34.9. The van der Waals surface area contributed by atoms with Gasteiger partial charge in [0, 0.05) is 25.3 Å². The van der Waals surface area contributed by atoms with Gasteiger partial charge < -0.3 is 25.2 Å². The molecule has 0 amide bonds. The molecular weight excluding hydrogens is 745 g/mol. The third kappa shape index (κ3) is 29.9. The van der Waals surface area contributed by atoms with Gasteiger partial charge in [-0.1, -0.05) is 132 Å². The molecule has 57 heavy (non-hydrogen) atoms. The summed E-state index contributed by atoms with van der Waals surface area (Å²) >= 11 is 0. The number of ether oxygens (including phenoxy) is 2. The number of carbonyl (C=O) groups is 3. The highest BCUT2D eigenvalue weighted by molar-refractivity contribution is 7.47. The number of rotatable bonds is 36. The summed E-state index contributed by atoms with van der Waals surface area (Å²) in [7, 11) is -4.45. The van der Waals surface area contributed by atoms with Crippen LogP contribution in [0, 0.1) is 11.8 Å². The minimum Gasteiger partial charge on any atom is -0.462 e. The summed E-state index contributed by atoms with van der Waals surface area (Å²) in [6.45, 7) is 3.31. The fraction of sp³-hybridized carbons (Fsp3) is 0.667. The van der Waals surface area contributed by atoms with E-state index in [1.54, 1.807) is 12.2 Å². The third-order valence-corrected chi connectivity index (χ3v) is 10.3. The molecule has 0 aromatic carbocycles. The van der Waals surface area contributed by atoms with Crippen LogP contribution in [0.2, 0.25) is 0 Å². The van der Waals surface area contributed by atoms with Crippen molar-refractivity contribution in [3.63, 3.8) is 0 Å². The van der Waals surface area contributed by atoms with E-state index in [-0.39, 0.29) is 50.2 Å². The van der Waals surface area contributed by atoms with Gasteiger partial charge >= 0.3 is 19.8 Å². The number of hydrogen-bond donors (Lipinski definition) is 3. The first-order valence-corrected chi connectivity index (χ1v) is 23.0. The molecule has 0 spiro atoms. The highest BCUT2D eigenvalue weighted by Gasteiger charge is 2.27. The van der Waals surface area contributed by atoms with Crippen LogP contribution in [0.25, 0.3) is 0 Å². The molecule has 0 aromatic heterocycles. The number of ketones is 1. The molecule has 324 valence electrons. The maximum absolute atomic E-state index is 12.7. The van der Waals surface area contributed by atoms with Crippen molar-refractivity contribution >= 4 is 25.5 Å². The van der Waals surface area contributed by atoms with Crippen LogP contribution in [0.3, 0.4) is 0 Å². The predicted octanol–water partition coefficient (Wildman–Crippen LogP) is 9.89. The predicted molar refractivity (Wildman–Crippen MR) is 228 cm³/mol. The van der Waals surface area contributed by atoms with Gasteiger partial charge in [0.25, 0.3) is 0 Å². The van der Waals surface area contributed by atoms with E-state index in [2.05, 4.69) is 44.2 Å². The van der Waals surface area contributed by atoms with Gasteiger partial charge in [-0.25, -0.2) is 4.57 Å². The number of unbranched alkanes of at least 4 members (excludes halogenated alkanes) is 10. The largest absolute Gasteiger partial charge is 0.472 e. The number of phosphoric acid groups is 1. The first-order chi connectivity index (χ1) is 27.6. The van der Waals surface area contributed by atoms with E-state index in [0.717, 1.165) is 38.5 Å². The number of phosphoric ester groups is 1. The molecule has 12 heteroatoms. The molecule has 1 rings (SSSR count).